The minimum atomic E-state index is -1.23. The summed E-state index contributed by atoms with van der Waals surface area (Å²) >= 11 is 0. The Balaban J connectivity index is 2.56. The van der Waals surface area contributed by atoms with E-state index in [-0.39, 0.29) is 22.8 Å². The summed E-state index contributed by atoms with van der Waals surface area (Å²) in [6.45, 7) is 0. The maximum absolute atomic E-state index is 13.5. The van der Waals surface area contributed by atoms with Crippen molar-refractivity contribution < 1.29 is 19.0 Å². The van der Waals surface area contributed by atoms with Crippen molar-refractivity contribution in [2.45, 2.75) is 0 Å². The zero-order valence-corrected chi connectivity index (χ0v) is 9.40. The maximum Gasteiger partial charge on any atom is 0.341 e. The van der Waals surface area contributed by atoms with Gasteiger partial charge in [0.15, 0.2) is 17.4 Å². The zero-order chi connectivity index (χ0) is 13.3. The van der Waals surface area contributed by atoms with Gasteiger partial charge < -0.3 is 15.6 Å². The number of halogens is 1. The molecule has 0 saturated heterocycles. The number of methoxy groups -OCH3 is 1. The molecular weight excluding hydrogens is 241 g/mol. The molecule has 0 unspecified atom stereocenters. The number of benzene rings is 1. The Morgan fingerprint density at radius 3 is 2.83 bits per heavy atom. The van der Waals surface area contributed by atoms with Crippen LogP contribution in [0.5, 0.6) is 5.75 Å². The van der Waals surface area contributed by atoms with Crippen molar-refractivity contribution in [2.24, 2.45) is 0 Å². The van der Waals surface area contributed by atoms with Crippen molar-refractivity contribution in [1.29, 1.82) is 0 Å². The lowest BCUT2D eigenvalue weighted by atomic mass is 10.1. The molecule has 1 aromatic heterocycles. The number of nitrogen functional groups attached to an aromatic ring is 1. The number of nitrogens with one attached hydrogen (secondary N) is 1. The second kappa shape index (κ2) is 4.36. The Hall–Kier alpha value is -2.57. The summed E-state index contributed by atoms with van der Waals surface area (Å²) in [4.78, 5) is 11.0. The van der Waals surface area contributed by atoms with Gasteiger partial charge in [0, 0.05) is 5.56 Å². The number of aromatic carboxylic acids is 1. The molecule has 0 spiro atoms. The van der Waals surface area contributed by atoms with E-state index in [1.165, 1.54) is 19.2 Å². The van der Waals surface area contributed by atoms with E-state index in [4.69, 9.17) is 15.6 Å². The highest BCUT2D eigenvalue weighted by molar-refractivity contribution is 5.99. The lowest BCUT2D eigenvalue weighted by Crippen LogP contribution is -2.01. The molecule has 1 heterocycles. The number of aromatic amines is 1. The van der Waals surface area contributed by atoms with Crippen LogP contribution in [0.25, 0.3) is 11.3 Å². The average Bonchev–Trinajstić information content (AvgIpc) is 2.71. The number of hydrogen-bond donors (Lipinski definition) is 3. The van der Waals surface area contributed by atoms with Gasteiger partial charge in [0.25, 0.3) is 0 Å². The summed E-state index contributed by atoms with van der Waals surface area (Å²) in [5.74, 6) is -1.90. The molecule has 0 aliphatic rings. The third-order valence-corrected chi connectivity index (χ3v) is 2.45. The molecule has 7 heteroatoms. The summed E-state index contributed by atoms with van der Waals surface area (Å²) in [5, 5.41) is 15.1. The van der Waals surface area contributed by atoms with Gasteiger partial charge in [0.1, 0.15) is 5.56 Å². The van der Waals surface area contributed by atoms with Gasteiger partial charge in [-0.2, -0.15) is 5.10 Å². The molecule has 0 radical (unpaired) electrons. The van der Waals surface area contributed by atoms with Crippen LogP contribution >= 0.6 is 0 Å². The van der Waals surface area contributed by atoms with E-state index < -0.39 is 11.8 Å². The summed E-state index contributed by atoms with van der Waals surface area (Å²) in [6, 6.07) is 4.06. The van der Waals surface area contributed by atoms with E-state index in [1.807, 2.05) is 0 Å². The van der Waals surface area contributed by atoms with E-state index in [0.29, 0.717) is 5.56 Å². The van der Waals surface area contributed by atoms with Crippen molar-refractivity contribution in [2.75, 3.05) is 12.8 Å². The number of rotatable bonds is 3. The Morgan fingerprint density at radius 1 is 1.56 bits per heavy atom. The van der Waals surface area contributed by atoms with Crippen LogP contribution in [0.4, 0.5) is 10.2 Å². The standard InChI is InChI=1S/C11H10FN3O3/c1-18-7-3-2-5(4-6(7)12)9-8(11(16)17)10(13)15-14-9/h2-4H,1H3,(H,16,17)(H3,13,14,15). The minimum absolute atomic E-state index is 0.0723. The van der Waals surface area contributed by atoms with Gasteiger partial charge in [0.2, 0.25) is 0 Å². The number of aromatic nitrogens is 2. The van der Waals surface area contributed by atoms with Crippen LogP contribution in [0, 0.1) is 5.82 Å². The summed E-state index contributed by atoms with van der Waals surface area (Å²) in [6.07, 6.45) is 0. The first-order valence-electron chi connectivity index (χ1n) is 4.95. The lowest BCUT2D eigenvalue weighted by Gasteiger charge is -2.04. The topological polar surface area (TPSA) is 101 Å². The van der Waals surface area contributed by atoms with E-state index in [0.717, 1.165) is 6.07 Å². The Morgan fingerprint density at radius 2 is 2.28 bits per heavy atom. The first kappa shape index (κ1) is 11.9. The molecule has 2 rings (SSSR count). The molecule has 0 saturated carbocycles. The average molecular weight is 251 g/mol. The molecule has 0 aliphatic heterocycles. The van der Waals surface area contributed by atoms with Gasteiger partial charge >= 0.3 is 5.97 Å². The fourth-order valence-corrected chi connectivity index (χ4v) is 1.60. The number of hydrogen-bond acceptors (Lipinski definition) is 4. The number of carbonyl (C=O) groups is 1. The molecule has 1 aromatic carbocycles. The Labute approximate surface area is 101 Å². The molecular formula is C11H10FN3O3. The first-order valence-corrected chi connectivity index (χ1v) is 4.95. The predicted octanol–water partition coefficient (Wildman–Crippen LogP) is 1.50. The second-order valence-corrected chi connectivity index (χ2v) is 3.51. The molecule has 4 N–H and O–H groups in total. The first-order chi connectivity index (χ1) is 8.54. The number of ether oxygens (including phenoxy) is 1. The predicted molar refractivity (Wildman–Crippen MR) is 61.9 cm³/mol. The van der Waals surface area contributed by atoms with Gasteiger partial charge in [-0.05, 0) is 18.2 Å². The third-order valence-electron chi connectivity index (χ3n) is 2.45. The van der Waals surface area contributed by atoms with E-state index >= 15 is 0 Å². The van der Waals surface area contributed by atoms with E-state index in [1.54, 1.807) is 0 Å². The molecule has 2 aromatic rings. The third kappa shape index (κ3) is 1.86. The summed E-state index contributed by atoms with van der Waals surface area (Å²) in [5.41, 5.74) is 5.73. The fraction of sp³-hybridized carbons (Fsp3) is 0.0909. The van der Waals surface area contributed by atoms with Gasteiger partial charge in [-0.25, -0.2) is 9.18 Å². The van der Waals surface area contributed by atoms with Gasteiger partial charge in [-0.1, -0.05) is 0 Å². The van der Waals surface area contributed by atoms with Crippen LogP contribution in [0.1, 0.15) is 10.4 Å². The number of nitrogens with zero attached hydrogens (tertiary/aromatic N) is 1. The van der Waals surface area contributed by atoms with Crippen LogP contribution in [-0.4, -0.2) is 28.4 Å². The molecule has 0 bridgehead atoms. The van der Waals surface area contributed by atoms with Crippen molar-refractivity contribution in [1.82, 2.24) is 10.2 Å². The molecule has 0 aliphatic carbocycles. The molecule has 94 valence electrons. The summed E-state index contributed by atoms with van der Waals surface area (Å²) in [7, 11) is 1.34. The van der Waals surface area contributed by atoms with Crippen molar-refractivity contribution >= 4 is 11.8 Å². The van der Waals surface area contributed by atoms with E-state index in [9.17, 15) is 9.18 Å². The monoisotopic (exact) mass is 251 g/mol. The molecule has 6 nitrogen and oxygen atoms in total. The van der Waals surface area contributed by atoms with Gasteiger partial charge in [0.05, 0.1) is 12.8 Å². The highest BCUT2D eigenvalue weighted by Gasteiger charge is 2.19. The number of carboxylic acids is 1. The fourth-order valence-electron chi connectivity index (χ4n) is 1.60. The van der Waals surface area contributed by atoms with Crippen LogP contribution in [0.3, 0.4) is 0 Å². The largest absolute Gasteiger partial charge is 0.494 e. The normalized spacial score (nSPS) is 10.3. The van der Waals surface area contributed by atoms with E-state index in [2.05, 4.69) is 10.2 Å². The SMILES string of the molecule is COc1ccc(-c2[nH]nc(N)c2C(=O)O)cc1F. The minimum Gasteiger partial charge on any atom is -0.494 e. The van der Waals surface area contributed by atoms with Crippen molar-refractivity contribution in [3.05, 3.63) is 29.6 Å². The quantitative estimate of drug-likeness (QED) is 0.767. The Kier molecular flexibility index (Phi) is 2.88. The van der Waals surface area contributed by atoms with Gasteiger partial charge in [-0.15, -0.1) is 0 Å². The molecule has 0 atom stereocenters. The van der Waals surface area contributed by atoms with Crippen molar-refractivity contribution in [3.63, 3.8) is 0 Å². The van der Waals surface area contributed by atoms with Crippen LogP contribution in [-0.2, 0) is 0 Å². The van der Waals surface area contributed by atoms with Crippen LogP contribution in [0.15, 0.2) is 18.2 Å². The van der Waals surface area contributed by atoms with Crippen LogP contribution < -0.4 is 10.5 Å². The van der Waals surface area contributed by atoms with Crippen molar-refractivity contribution in [3.8, 4) is 17.0 Å². The lowest BCUT2D eigenvalue weighted by molar-refractivity contribution is 0.0699. The smallest absolute Gasteiger partial charge is 0.341 e. The molecule has 18 heavy (non-hydrogen) atoms. The Bertz CT molecular complexity index is 610. The molecule has 0 amide bonds. The maximum atomic E-state index is 13.5. The molecule has 0 fully saturated rings. The number of H-pyrrole nitrogens is 1. The zero-order valence-electron chi connectivity index (χ0n) is 9.40. The number of anilines is 1. The van der Waals surface area contributed by atoms with Gasteiger partial charge in [-0.3, -0.25) is 5.10 Å². The number of carboxylic acid groups (broad SMARTS) is 1. The van der Waals surface area contributed by atoms with Crippen LogP contribution in [0.2, 0.25) is 0 Å². The highest BCUT2D eigenvalue weighted by atomic mass is 19.1. The highest BCUT2D eigenvalue weighted by Crippen LogP contribution is 2.28. The second-order valence-electron chi connectivity index (χ2n) is 3.51. The number of nitrogens with two attached hydrogens (primary N) is 1. The summed E-state index contributed by atoms with van der Waals surface area (Å²) < 4.78 is 18.3.